The highest BCUT2D eigenvalue weighted by Crippen LogP contribution is 2.29. The Kier molecular flexibility index (Phi) is 6.11. The summed E-state index contributed by atoms with van der Waals surface area (Å²) in [4.78, 5) is 37.0. The molecule has 1 aliphatic carbocycles. The van der Waals surface area contributed by atoms with Crippen LogP contribution in [-0.2, 0) is 19.1 Å². The van der Waals surface area contributed by atoms with E-state index in [-0.39, 0.29) is 36.4 Å². The van der Waals surface area contributed by atoms with Crippen molar-refractivity contribution in [3.8, 4) is 0 Å². The van der Waals surface area contributed by atoms with E-state index in [9.17, 15) is 14.4 Å². The van der Waals surface area contributed by atoms with Crippen LogP contribution in [0.5, 0.6) is 0 Å². The minimum atomic E-state index is -0.667. The first-order chi connectivity index (χ1) is 13.1. The number of hydrogen-bond acceptors (Lipinski definition) is 5. The number of nitrogens with one attached hydrogen (secondary N) is 2. The van der Waals surface area contributed by atoms with E-state index in [1.54, 1.807) is 6.92 Å². The monoisotopic (exact) mass is 372 g/mol. The lowest BCUT2D eigenvalue weighted by atomic mass is 9.95. The molecule has 2 N–H and O–H groups in total. The van der Waals surface area contributed by atoms with Crippen LogP contribution in [-0.4, -0.2) is 31.2 Å². The van der Waals surface area contributed by atoms with Crippen LogP contribution in [0.3, 0.4) is 0 Å². The van der Waals surface area contributed by atoms with Gasteiger partial charge in [0.25, 0.3) is 0 Å². The summed E-state index contributed by atoms with van der Waals surface area (Å²) in [5.74, 6) is -0.933. The Morgan fingerprint density at radius 1 is 1.11 bits per heavy atom. The lowest BCUT2D eigenvalue weighted by molar-refractivity contribution is -0.147. The molecule has 7 heteroatoms. The van der Waals surface area contributed by atoms with Crippen LogP contribution in [0.2, 0.25) is 0 Å². The van der Waals surface area contributed by atoms with Gasteiger partial charge in [-0.15, -0.1) is 0 Å². The van der Waals surface area contributed by atoms with Gasteiger partial charge >= 0.3 is 18.0 Å². The highest BCUT2D eigenvalue weighted by atomic mass is 16.5. The molecule has 1 heterocycles. The van der Waals surface area contributed by atoms with Crippen molar-refractivity contribution in [3.05, 3.63) is 47.2 Å². The Bertz CT molecular complexity index is 738. The van der Waals surface area contributed by atoms with E-state index in [0.717, 1.165) is 31.2 Å². The predicted octanol–water partition coefficient (Wildman–Crippen LogP) is 2.59. The zero-order valence-electron chi connectivity index (χ0n) is 15.3. The first-order valence-corrected chi connectivity index (χ1v) is 9.29. The maximum atomic E-state index is 12.6. The first-order valence-electron chi connectivity index (χ1n) is 9.29. The molecule has 1 atom stereocenters. The van der Waals surface area contributed by atoms with Crippen LogP contribution < -0.4 is 10.6 Å². The average molecular weight is 372 g/mol. The second-order valence-electron chi connectivity index (χ2n) is 6.64. The van der Waals surface area contributed by atoms with E-state index in [2.05, 4.69) is 10.6 Å². The maximum Gasteiger partial charge on any atom is 0.338 e. The smallest absolute Gasteiger partial charge is 0.338 e. The van der Waals surface area contributed by atoms with E-state index in [0.29, 0.717) is 0 Å². The van der Waals surface area contributed by atoms with Gasteiger partial charge in [0.1, 0.15) is 6.61 Å². The number of hydrogen-bond donors (Lipinski definition) is 2. The fourth-order valence-electron chi connectivity index (χ4n) is 3.50. The third-order valence-electron chi connectivity index (χ3n) is 4.83. The number of benzene rings is 1. The van der Waals surface area contributed by atoms with Gasteiger partial charge in [-0.25, -0.2) is 9.59 Å². The fourth-order valence-corrected chi connectivity index (χ4v) is 3.50. The number of esters is 2. The molecule has 0 spiro atoms. The van der Waals surface area contributed by atoms with Crippen LogP contribution in [0.15, 0.2) is 41.6 Å². The molecule has 27 heavy (non-hydrogen) atoms. The summed E-state index contributed by atoms with van der Waals surface area (Å²) in [7, 11) is 0. The van der Waals surface area contributed by atoms with Gasteiger partial charge in [-0.05, 0) is 25.3 Å². The van der Waals surface area contributed by atoms with Gasteiger partial charge in [-0.2, -0.15) is 0 Å². The number of rotatable bonds is 6. The largest absolute Gasteiger partial charge is 0.463 e. The Morgan fingerprint density at radius 2 is 1.81 bits per heavy atom. The van der Waals surface area contributed by atoms with Gasteiger partial charge in [0.2, 0.25) is 0 Å². The summed E-state index contributed by atoms with van der Waals surface area (Å²) in [6.07, 6.45) is 3.69. The van der Waals surface area contributed by atoms with Crippen molar-refractivity contribution in [3.63, 3.8) is 0 Å². The number of carbonyl (C=O) groups excluding carboxylic acids is 3. The second kappa shape index (κ2) is 8.70. The van der Waals surface area contributed by atoms with Crippen molar-refractivity contribution in [1.29, 1.82) is 0 Å². The lowest BCUT2D eigenvalue weighted by Gasteiger charge is -2.29. The van der Waals surface area contributed by atoms with Crippen molar-refractivity contribution in [2.45, 2.75) is 38.6 Å². The molecule has 144 valence electrons. The zero-order valence-corrected chi connectivity index (χ0v) is 15.3. The van der Waals surface area contributed by atoms with E-state index < -0.39 is 18.0 Å². The molecule has 0 saturated heterocycles. The predicted molar refractivity (Wildman–Crippen MR) is 97.4 cm³/mol. The molecule has 0 unspecified atom stereocenters. The Hall–Kier alpha value is -2.83. The molecule has 1 fully saturated rings. The van der Waals surface area contributed by atoms with E-state index >= 15 is 0 Å². The SMILES string of the molecule is CCOC(=O)C1=C(COC(=O)C2CCCC2)NC(=O)N[C@@H]1c1ccccc1. The molecule has 2 aliphatic rings. The van der Waals surface area contributed by atoms with E-state index in [1.807, 2.05) is 30.3 Å². The Labute approximate surface area is 158 Å². The maximum absolute atomic E-state index is 12.6. The fraction of sp³-hybridized carbons (Fsp3) is 0.450. The minimum absolute atomic E-state index is 0.0982. The summed E-state index contributed by atoms with van der Waals surface area (Å²) in [6, 6.07) is 8.01. The van der Waals surface area contributed by atoms with Gasteiger partial charge in [-0.1, -0.05) is 43.2 Å². The molecule has 1 aliphatic heterocycles. The first kappa shape index (κ1) is 18.9. The molecule has 0 aromatic heterocycles. The molecule has 7 nitrogen and oxygen atoms in total. The number of ether oxygens (including phenoxy) is 2. The van der Waals surface area contributed by atoms with E-state index in [4.69, 9.17) is 9.47 Å². The molecule has 0 radical (unpaired) electrons. The van der Waals surface area contributed by atoms with Gasteiger partial charge in [0.05, 0.1) is 29.8 Å². The summed E-state index contributed by atoms with van der Waals surface area (Å²) in [5, 5.41) is 5.35. The molecular formula is C20H24N2O5. The molecule has 2 amide bonds. The Balaban J connectivity index is 1.87. The summed E-state index contributed by atoms with van der Waals surface area (Å²) < 4.78 is 10.6. The molecular weight excluding hydrogens is 348 g/mol. The third kappa shape index (κ3) is 4.48. The third-order valence-corrected chi connectivity index (χ3v) is 4.83. The zero-order chi connectivity index (χ0) is 19.2. The van der Waals surface area contributed by atoms with Gasteiger partial charge < -0.3 is 20.1 Å². The highest BCUT2D eigenvalue weighted by molar-refractivity contribution is 5.95. The van der Waals surface area contributed by atoms with Crippen LogP contribution in [0.1, 0.15) is 44.2 Å². The van der Waals surface area contributed by atoms with Gasteiger partial charge in [0, 0.05) is 0 Å². The average Bonchev–Trinajstić information content (AvgIpc) is 3.21. The molecule has 3 rings (SSSR count). The van der Waals surface area contributed by atoms with Crippen LogP contribution in [0.4, 0.5) is 4.79 Å². The van der Waals surface area contributed by atoms with Crippen LogP contribution in [0.25, 0.3) is 0 Å². The van der Waals surface area contributed by atoms with Crippen LogP contribution in [0, 0.1) is 5.92 Å². The second-order valence-corrected chi connectivity index (χ2v) is 6.64. The van der Waals surface area contributed by atoms with Crippen molar-refractivity contribution in [2.24, 2.45) is 5.92 Å². The minimum Gasteiger partial charge on any atom is -0.463 e. The van der Waals surface area contributed by atoms with Crippen molar-refractivity contribution in [2.75, 3.05) is 13.2 Å². The van der Waals surface area contributed by atoms with E-state index in [1.165, 1.54) is 0 Å². The summed E-state index contributed by atoms with van der Waals surface area (Å²) in [6.45, 7) is 1.75. The lowest BCUT2D eigenvalue weighted by Crippen LogP contribution is -2.47. The standard InChI is InChI=1S/C20H24N2O5/c1-2-26-19(24)16-15(12-27-18(23)14-10-6-7-11-14)21-20(25)22-17(16)13-8-4-3-5-9-13/h3-5,8-9,14,17H,2,6-7,10-12H2,1H3,(H2,21,22,25)/t17-/m1/s1. The van der Waals surface area contributed by atoms with Crippen molar-refractivity contribution < 1.29 is 23.9 Å². The van der Waals surface area contributed by atoms with Gasteiger partial charge in [-0.3, -0.25) is 4.79 Å². The topological polar surface area (TPSA) is 93.7 Å². The highest BCUT2D eigenvalue weighted by Gasteiger charge is 2.34. The molecule has 0 bridgehead atoms. The van der Waals surface area contributed by atoms with Gasteiger partial charge in [0.15, 0.2) is 0 Å². The molecule has 1 aromatic rings. The quantitative estimate of drug-likeness (QED) is 0.749. The normalized spacial score (nSPS) is 20.0. The van der Waals surface area contributed by atoms with Crippen LogP contribution >= 0.6 is 0 Å². The Morgan fingerprint density at radius 3 is 2.48 bits per heavy atom. The number of amides is 2. The molecule has 1 aromatic carbocycles. The van der Waals surface area contributed by atoms with Crippen molar-refractivity contribution >= 4 is 18.0 Å². The number of carbonyl (C=O) groups is 3. The molecule has 1 saturated carbocycles. The summed E-state index contributed by atoms with van der Waals surface area (Å²) >= 11 is 0. The number of urea groups is 1. The summed E-state index contributed by atoms with van der Waals surface area (Å²) in [5.41, 5.74) is 1.26. The van der Waals surface area contributed by atoms with Crippen molar-refractivity contribution in [1.82, 2.24) is 10.6 Å².